The summed E-state index contributed by atoms with van der Waals surface area (Å²) in [5, 5.41) is 4.27. The average Bonchev–Trinajstić information content (AvgIpc) is 3.41. The molecule has 4 heterocycles. The minimum Gasteiger partial charge on any atom is -0.343 e. The number of fused-ring (bicyclic) bond motifs is 1. The lowest BCUT2D eigenvalue weighted by atomic mass is 9.83. The summed E-state index contributed by atoms with van der Waals surface area (Å²) < 4.78 is 1.80. The molecule has 1 unspecified atom stereocenters. The molecule has 9 nitrogen and oxygen atoms in total. The molecule has 0 aliphatic carbocycles. The van der Waals surface area contributed by atoms with E-state index in [2.05, 4.69) is 15.1 Å². The number of amides is 2. The Labute approximate surface area is 200 Å². The zero-order valence-corrected chi connectivity index (χ0v) is 20.7. The average molecular weight is 467 g/mol. The number of carbonyl (C=O) groups excluding carboxylic acids is 3. The highest BCUT2D eigenvalue weighted by molar-refractivity contribution is 6.17. The fourth-order valence-corrected chi connectivity index (χ4v) is 4.76. The summed E-state index contributed by atoms with van der Waals surface area (Å²) in [6.45, 7) is 9.21. The monoisotopic (exact) mass is 466 g/mol. The predicted octanol–water partition coefficient (Wildman–Crippen LogP) is 3.10. The van der Waals surface area contributed by atoms with Crippen LogP contribution in [-0.4, -0.2) is 69.0 Å². The predicted molar refractivity (Wildman–Crippen MR) is 130 cm³/mol. The van der Waals surface area contributed by atoms with E-state index in [-0.39, 0.29) is 35.5 Å². The minimum atomic E-state index is -0.393. The lowest BCUT2D eigenvalue weighted by molar-refractivity contribution is -0.134. The van der Waals surface area contributed by atoms with Gasteiger partial charge in [0.2, 0.25) is 5.91 Å². The van der Waals surface area contributed by atoms with E-state index in [0.717, 1.165) is 0 Å². The molecule has 0 radical (unpaired) electrons. The van der Waals surface area contributed by atoms with Crippen molar-refractivity contribution in [3.8, 4) is 0 Å². The fourth-order valence-electron chi connectivity index (χ4n) is 4.76. The number of Topliss-reactive ketones (excluding diaryl/α,β-unsaturated/α-hetero) is 1. The molecule has 1 atom stereocenters. The normalized spacial score (nSPS) is 21.1. The van der Waals surface area contributed by atoms with Crippen LogP contribution in [0.4, 0.5) is 0 Å². The molecule has 9 heteroatoms. The summed E-state index contributed by atoms with van der Waals surface area (Å²) in [6.07, 6.45) is 9.20. The highest BCUT2D eigenvalue weighted by Gasteiger charge is 2.36. The van der Waals surface area contributed by atoms with Crippen molar-refractivity contribution in [1.82, 2.24) is 19.6 Å². The van der Waals surface area contributed by atoms with E-state index < -0.39 is 5.41 Å². The van der Waals surface area contributed by atoms with Gasteiger partial charge in [0.05, 0.1) is 11.8 Å². The topological polar surface area (TPSA) is 100 Å². The summed E-state index contributed by atoms with van der Waals surface area (Å²) >= 11 is 0. The molecule has 3 aliphatic heterocycles. The van der Waals surface area contributed by atoms with Crippen LogP contribution >= 0.6 is 0 Å². The Morgan fingerprint density at radius 1 is 1.18 bits per heavy atom. The quantitative estimate of drug-likeness (QED) is 0.575. The molecule has 34 heavy (non-hydrogen) atoms. The van der Waals surface area contributed by atoms with Crippen LogP contribution in [-0.2, 0) is 9.59 Å². The van der Waals surface area contributed by atoms with E-state index in [4.69, 9.17) is 0 Å². The Balaban J connectivity index is 1.30. The van der Waals surface area contributed by atoms with Crippen LogP contribution in [0.25, 0.3) is 0 Å². The maximum Gasteiger partial charge on any atom is 0.262 e. The van der Waals surface area contributed by atoms with Gasteiger partial charge in [0.1, 0.15) is 17.6 Å². The fraction of sp³-hybridized carbons (Fsp3) is 0.600. The van der Waals surface area contributed by atoms with E-state index in [0.29, 0.717) is 56.0 Å². The maximum absolute atomic E-state index is 13.0. The highest BCUT2D eigenvalue weighted by Crippen LogP contribution is 2.31. The van der Waals surface area contributed by atoms with Gasteiger partial charge in [-0.05, 0) is 38.2 Å². The van der Waals surface area contributed by atoms with Crippen molar-refractivity contribution in [1.29, 1.82) is 0 Å². The van der Waals surface area contributed by atoms with E-state index >= 15 is 0 Å². The number of rotatable bonds is 7. The van der Waals surface area contributed by atoms with Gasteiger partial charge in [-0.2, -0.15) is 10.1 Å². The molecule has 1 aromatic rings. The number of amidine groups is 2. The number of carbonyl (C=O) groups is 3. The molecule has 0 aromatic carbocycles. The van der Waals surface area contributed by atoms with Crippen LogP contribution in [0.2, 0.25) is 0 Å². The van der Waals surface area contributed by atoms with Crippen LogP contribution in [0.3, 0.4) is 0 Å². The third-order valence-corrected chi connectivity index (χ3v) is 6.79. The number of aromatic nitrogens is 2. The maximum atomic E-state index is 13.0. The number of hydrogen-bond acceptors (Lipinski definition) is 6. The van der Waals surface area contributed by atoms with Crippen LogP contribution < -0.4 is 0 Å². The second-order valence-corrected chi connectivity index (χ2v) is 10.6. The first-order valence-corrected chi connectivity index (χ1v) is 12.0. The zero-order valence-electron chi connectivity index (χ0n) is 20.7. The number of ketones is 1. The van der Waals surface area contributed by atoms with E-state index in [9.17, 15) is 14.4 Å². The molecule has 0 saturated carbocycles. The largest absolute Gasteiger partial charge is 0.343 e. The van der Waals surface area contributed by atoms with Crippen molar-refractivity contribution in [2.75, 3.05) is 20.1 Å². The first-order chi connectivity index (χ1) is 16.0. The molecule has 182 valence electrons. The van der Waals surface area contributed by atoms with Crippen molar-refractivity contribution in [2.24, 2.45) is 27.2 Å². The minimum absolute atomic E-state index is 0.0662. The van der Waals surface area contributed by atoms with Crippen molar-refractivity contribution in [3.05, 3.63) is 30.2 Å². The molecule has 0 bridgehead atoms. The molecule has 1 saturated heterocycles. The van der Waals surface area contributed by atoms with E-state index in [1.165, 1.54) is 0 Å². The first kappa shape index (κ1) is 24.0. The van der Waals surface area contributed by atoms with Gasteiger partial charge >= 0.3 is 0 Å². The number of hydrogen-bond donors (Lipinski definition) is 0. The summed E-state index contributed by atoms with van der Waals surface area (Å²) in [5.41, 5.74) is 0.255. The molecule has 3 aliphatic rings. The molecule has 0 spiro atoms. The molecule has 0 N–H and O–H groups in total. The Morgan fingerprint density at radius 2 is 1.88 bits per heavy atom. The zero-order chi connectivity index (χ0) is 24.6. The van der Waals surface area contributed by atoms with Gasteiger partial charge in [0, 0.05) is 57.3 Å². The van der Waals surface area contributed by atoms with Crippen molar-refractivity contribution in [2.45, 2.75) is 59.4 Å². The van der Waals surface area contributed by atoms with Gasteiger partial charge < -0.3 is 9.80 Å². The third kappa shape index (κ3) is 5.03. The highest BCUT2D eigenvalue weighted by atomic mass is 16.2. The Morgan fingerprint density at radius 3 is 2.53 bits per heavy atom. The number of likely N-dealkylation sites (tertiary alicyclic amines) is 1. The molecular weight excluding hydrogens is 432 g/mol. The lowest BCUT2D eigenvalue weighted by Crippen LogP contribution is -2.42. The third-order valence-electron chi connectivity index (χ3n) is 6.79. The smallest absolute Gasteiger partial charge is 0.262 e. The Kier molecular flexibility index (Phi) is 6.55. The van der Waals surface area contributed by atoms with Gasteiger partial charge in [0.15, 0.2) is 5.78 Å². The summed E-state index contributed by atoms with van der Waals surface area (Å²) in [4.78, 5) is 50.7. The van der Waals surface area contributed by atoms with Gasteiger partial charge in [-0.25, -0.2) is 4.99 Å². The van der Waals surface area contributed by atoms with E-state index in [1.54, 1.807) is 17.0 Å². The van der Waals surface area contributed by atoms with Crippen molar-refractivity contribution < 1.29 is 14.4 Å². The molecule has 4 rings (SSSR count). The van der Waals surface area contributed by atoms with Crippen molar-refractivity contribution >= 4 is 29.3 Å². The van der Waals surface area contributed by atoms with Crippen LogP contribution in [0.15, 0.2) is 34.7 Å². The van der Waals surface area contributed by atoms with Gasteiger partial charge in [-0.15, -0.1) is 0 Å². The standard InChI is InChI=1S/C25H34N6O3/c1-16(2)31-15-18(14-26-31)22(33)17-6-10-30(11-7-17)21(32)13-25(3,4)12-20-27-23-19(24(34)28-20)8-9-29(23)5/h8-9,14-17,19H,6-7,10-13H2,1-5H3. The van der Waals surface area contributed by atoms with E-state index in [1.807, 2.05) is 56.9 Å². The summed E-state index contributed by atoms with van der Waals surface area (Å²) in [7, 11) is 1.87. The molecular formula is C25H34N6O3. The Bertz CT molecular complexity index is 1070. The molecule has 1 fully saturated rings. The number of nitrogens with zero attached hydrogens (tertiary/aromatic N) is 6. The first-order valence-electron chi connectivity index (χ1n) is 12.0. The van der Waals surface area contributed by atoms with Crippen LogP contribution in [0.1, 0.15) is 69.8 Å². The lowest BCUT2D eigenvalue weighted by Gasteiger charge is -2.34. The van der Waals surface area contributed by atoms with Crippen LogP contribution in [0.5, 0.6) is 0 Å². The number of aliphatic imine (C=N–C) groups is 2. The number of piperidine rings is 1. The summed E-state index contributed by atoms with van der Waals surface area (Å²) in [5.74, 6) is 0.694. The van der Waals surface area contributed by atoms with Gasteiger partial charge in [0.25, 0.3) is 5.91 Å². The van der Waals surface area contributed by atoms with Gasteiger partial charge in [-0.3, -0.25) is 19.1 Å². The van der Waals surface area contributed by atoms with Gasteiger partial charge in [-0.1, -0.05) is 13.8 Å². The molecule has 1 aromatic heterocycles. The SMILES string of the molecule is CC(C)n1cc(C(=O)C2CCN(C(=O)CC(C)(C)CC3=NC(=O)C4C=CN(C)C4=N3)CC2)cn1. The second kappa shape index (κ2) is 9.27. The van der Waals surface area contributed by atoms with Crippen molar-refractivity contribution in [3.63, 3.8) is 0 Å². The van der Waals surface area contributed by atoms with Crippen LogP contribution in [0, 0.1) is 17.3 Å². The molecule has 2 amide bonds. The Hall–Kier alpha value is -3.10. The second-order valence-electron chi connectivity index (χ2n) is 10.6. The summed E-state index contributed by atoms with van der Waals surface area (Å²) in [6, 6.07) is 0.214.